The van der Waals surface area contributed by atoms with Crippen LogP contribution in [0.3, 0.4) is 0 Å². The summed E-state index contributed by atoms with van der Waals surface area (Å²) in [5.41, 5.74) is 4.05. The van der Waals surface area contributed by atoms with Gasteiger partial charge in [-0.05, 0) is 37.1 Å². The predicted octanol–water partition coefficient (Wildman–Crippen LogP) is 3.55. The van der Waals surface area contributed by atoms with E-state index in [0.29, 0.717) is 5.02 Å². The second kappa shape index (κ2) is 4.62. The molecule has 5 rings (SSSR count). The number of carbonyl (C=O) groups excluding carboxylic acids is 1. The summed E-state index contributed by atoms with van der Waals surface area (Å²) in [6, 6.07) is 14.0. The highest BCUT2D eigenvalue weighted by molar-refractivity contribution is 6.31. The van der Waals surface area contributed by atoms with Crippen molar-refractivity contribution in [1.82, 2.24) is 10.3 Å². The van der Waals surface area contributed by atoms with Gasteiger partial charge >= 0.3 is 0 Å². The Morgan fingerprint density at radius 2 is 2.04 bits per heavy atom. The van der Waals surface area contributed by atoms with Crippen LogP contribution in [0.2, 0.25) is 5.02 Å². The SMILES string of the molecule is CC1Cc2c([nH]c3ccccc23)C2(N1)C(=O)Nc1cc(Cl)ccc12. The van der Waals surface area contributed by atoms with Crippen molar-refractivity contribution in [2.75, 3.05) is 5.32 Å². The first kappa shape index (κ1) is 14.1. The lowest BCUT2D eigenvalue weighted by atomic mass is 9.80. The zero-order chi connectivity index (χ0) is 16.5. The summed E-state index contributed by atoms with van der Waals surface area (Å²) in [6.45, 7) is 2.12. The number of benzene rings is 2. The average Bonchev–Trinajstić information content (AvgIpc) is 3.04. The molecule has 1 amide bonds. The number of amides is 1. The van der Waals surface area contributed by atoms with E-state index in [0.717, 1.165) is 28.9 Å². The van der Waals surface area contributed by atoms with Crippen molar-refractivity contribution in [2.45, 2.75) is 24.9 Å². The average molecular weight is 338 g/mol. The highest BCUT2D eigenvalue weighted by atomic mass is 35.5. The number of aromatic amines is 1. The lowest BCUT2D eigenvalue weighted by Crippen LogP contribution is -2.56. The minimum Gasteiger partial charge on any atom is -0.356 e. The van der Waals surface area contributed by atoms with Crippen LogP contribution in [-0.4, -0.2) is 16.9 Å². The third-order valence-corrected chi connectivity index (χ3v) is 5.37. The topological polar surface area (TPSA) is 56.9 Å². The molecular formula is C19H16ClN3O. The number of hydrogen-bond acceptors (Lipinski definition) is 2. The molecule has 0 saturated heterocycles. The first-order chi connectivity index (χ1) is 11.6. The summed E-state index contributed by atoms with van der Waals surface area (Å²) in [4.78, 5) is 16.6. The fourth-order valence-electron chi connectivity index (χ4n) is 4.21. The highest BCUT2D eigenvalue weighted by Crippen LogP contribution is 2.46. The molecule has 2 aliphatic rings. The number of halogens is 1. The Labute approximate surface area is 144 Å². The van der Waals surface area contributed by atoms with Crippen LogP contribution in [0.1, 0.15) is 23.7 Å². The standard InChI is InChI=1S/C19H16ClN3O/c1-10-8-13-12-4-2-3-5-15(12)21-17(13)19(23-10)14-7-6-11(20)9-16(14)22-18(19)24/h2-7,9-10,21,23H,8H2,1H3,(H,22,24). The largest absolute Gasteiger partial charge is 0.356 e. The van der Waals surface area contributed by atoms with E-state index in [-0.39, 0.29) is 11.9 Å². The smallest absolute Gasteiger partial charge is 0.255 e. The van der Waals surface area contributed by atoms with Crippen molar-refractivity contribution < 1.29 is 4.79 Å². The van der Waals surface area contributed by atoms with Gasteiger partial charge in [0.15, 0.2) is 5.54 Å². The van der Waals surface area contributed by atoms with Crippen molar-refractivity contribution in [2.24, 2.45) is 0 Å². The molecule has 24 heavy (non-hydrogen) atoms. The second-order valence-electron chi connectivity index (χ2n) is 6.67. The van der Waals surface area contributed by atoms with Crippen LogP contribution in [0.25, 0.3) is 10.9 Å². The number of hydrogen-bond donors (Lipinski definition) is 3. The van der Waals surface area contributed by atoms with E-state index in [1.54, 1.807) is 0 Å². The van der Waals surface area contributed by atoms with Crippen LogP contribution in [0.5, 0.6) is 0 Å². The number of H-pyrrole nitrogens is 1. The molecule has 1 spiro atoms. The van der Waals surface area contributed by atoms with Gasteiger partial charge < -0.3 is 10.3 Å². The van der Waals surface area contributed by atoms with Gasteiger partial charge in [0.05, 0.1) is 5.69 Å². The lowest BCUT2D eigenvalue weighted by Gasteiger charge is -2.37. The van der Waals surface area contributed by atoms with Crippen molar-refractivity contribution in [3.63, 3.8) is 0 Å². The molecule has 4 nitrogen and oxygen atoms in total. The molecule has 0 bridgehead atoms. The molecule has 2 aromatic carbocycles. The number of para-hydroxylation sites is 1. The van der Waals surface area contributed by atoms with Crippen molar-refractivity contribution in [1.29, 1.82) is 0 Å². The predicted molar refractivity (Wildman–Crippen MR) is 95.5 cm³/mol. The molecule has 0 saturated carbocycles. The number of rotatable bonds is 0. The minimum atomic E-state index is -0.883. The van der Waals surface area contributed by atoms with Gasteiger partial charge in [-0.15, -0.1) is 0 Å². The maximum atomic E-state index is 13.1. The molecule has 5 heteroatoms. The van der Waals surface area contributed by atoms with Gasteiger partial charge in [0.1, 0.15) is 0 Å². The molecule has 2 atom stereocenters. The van der Waals surface area contributed by atoms with E-state index in [1.807, 2.05) is 30.3 Å². The van der Waals surface area contributed by atoms with E-state index in [1.165, 1.54) is 10.9 Å². The van der Waals surface area contributed by atoms with Gasteiger partial charge in [0, 0.05) is 33.2 Å². The van der Waals surface area contributed by atoms with Gasteiger partial charge in [-0.2, -0.15) is 0 Å². The monoisotopic (exact) mass is 337 g/mol. The zero-order valence-electron chi connectivity index (χ0n) is 13.1. The fraction of sp³-hybridized carbons (Fsp3) is 0.211. The molecule has 0 fully saturated rings. The molecule has 120 valence electrons. The fourth-order valence-corrected chi connectivity index (χ4v) is 4.38. The first-order valence-corrected chi connectivity index (χ1v) is 8.46. The zero-order valence-corrected chi connectivity index (χ0v) is 13.9. The van der Waals surface area contributed by atoms with Crippen LogP contribution in [-0.2, 0) is 16.8 Å². The molecule has 3 heterocycles. The van der Waals surface area contributed by atoms with Crippen molar-refractivity contribution >= 4 is 34.1 Å². The lowest BCUT2D eigenvalue weighted by molar-refractivity contribution is -0.121. The van der Waals surface area contributed by atoms with Crippen LogP contribution in [0, 0.1) is 0 Å². The van der Waals surface area contributed by atoms with Gasteiger partial charge in [-0.25, -0.2) is 0 Å². The van der Waals surface area contributed by atoms with E-state index in [4.69, 9.17) is 11.6 Å². The molecule has 3 N–H and O–H groups in total. The third-order valence-electron chi connectivity index (χ3n) is 5.14. The van der Waals surface area contributed by atoms with Gasteiger partial charge in [0.25, 0.3) is 5.91 Å². The normalized spacial score (nSPS) is 24.9. The number of anilines is 1. The summed E-state index contributed by atoms with van der Waals surface area (Å²) in [5, 5.41) is 8.35. The Balaban J connectivity index is 1.86. The van der Waals surface area contributed by atoms with Gasteiger partial charge in [-0.3, -0.25) is 10.1 Å². The van der Waals surface area contributed by atoms with Crippen molar-refractivity contribution in [3.05, 3.63) is 64.3 Å². The maximum absolute atomic E-state index is 13.1. The quantitative estimate of drug-likeness (QED) is 0.587. The Kier molecular flexibility index (Phi) is 2.71. The molecule has 2 unspecified atom stereocenters. The van der Waals surface area contributed by atoms with E-state index >= 15 is 0 Å². The van der Waals surface area contributed by atoms with E-state index in [2.05, 4.69) is 34.7 Å². The van der Waals surface area contributed by atoms with Gasteiger partial charge in [-0.1, -0.05) is 35.9 Å². The Morgan fingerprint density at radius 3 is 2.92 bits per heavy atom. The van der Waals surface area contributed by atoms with Crippen molar-refractivity contribution in [3.8, 4) is 0 Å². The second-order valence-corrected chi connectivity index (χ2v) is 7.10. The van der Waals surface area contributed by atoms with Crippen LogP contribution in [0.4, 0.5) is 5.69 Å². The Hall–Kier alpha value is -2.30. The minimum absolute atomic E-state index is 0.0564. The molecular weight excluding hydrogens is 322 g/mol. The van der Waals surface area contributed by atoms with Crippen LogP contribution >= 0.6 is 11.6 Å². The van der Waals surface area contributed by atoms with Crippen LogP contribution in [0.15, 0.2) is 42.5 Å². The summed E-state index contributed by atoms with van der Waals surface area (Å²) in [5.74, 6) is -0.0564. The first-order valence-electron chi connectivity index (χ1n) is 8.09. The summed E-state index contributed by atoms with van der Waals surface area (Å²) in [6.07, 6.45) is 0.886. The molecule has 2 aliphatic heterocycles. The summed E-state index contributed by atoms with van der Waals surface area (Å²) >= 11 is 6.11. The number of aromatic nitrogens is 1. The third kappa shape index (κ3) is 1.65. The molecule has 0 aliphatic carbocycles. The Bertz CT molecular complexity index is 1010. The number of carbonyl (C=O) groups is 1. The summed E-state index contributed by atoms with van der Waals surface area (Å²) < 4.78 is 0. The molecule has 0 radical (unpaired) electrons. The maximum Gasteiger partial charge on any atom is 0.255 e. The number of nitrogens with one attached hydrogen (secondary N) is 3. The highest BCUT2D eigenvalue weighted by Gasteiger charge is 2.53. The molecule has 1 aromatic heterocycles. The van der Waals surface area contributed by atoms with Crippen LogP contribution < -0.4 is 10.6 Å². The Morgan fingerprint density at radius 1 is 1.21 bits per heavy atom. The molecule has 3 aromatic rings. The van der Waals surface area contributed by atoms with E-state index in [9.17, 15) is 4.79 Å². The number of fused-ring (bicyclic) bond motifs is 6. The van der Waals surface area contributed by atoms with E-state index < -0.39 is 5.54 Å². The van der Waals surface area contributed by atoms with Gasteiger partial charge in [0.2, 0.25) is 0 Å². The summed E-state index contributed by atoms with van der Waals surface area (Å²) in [7, 11) is 0.